The molecule has 2 heterocycles. The minimum Gasteiger partial charge on any atom is -0.295 e. The molecule has 0 aliphatic heterocycles. The van der Waals surface area contributed by atoms with Crippen LogP contribution in [-0.2, 0) is 5.75 Å². The molecule has 0 spiro atoms. The van der Waals surface area contributed by atoms with Gasteiger partial charge in [0.2, 0.25) is 5.13 Å². The molecule has 0 aliphatic rings. The maximum atomic E-state index is 13.7. The lowest BCUT2D eigenvalue weighted by Gasteiger charge is -2.02. The van der Waals surface area contributed by atoms with Gasteiger partial charge in [-0.25, -0.2) is 9.37 Å². The van der Waals surface area contributed by atoms with Crippen LogP contribution in [0.2, 0.25) is 0 Å². The van der Waals surface area contributed by atoms with Crippen molar-refractivity contribution in [2.45, 2.75) is 17.0 Å². The third-order valence-electron chi connectivity index (χ3n) is 3.92. The zero-order chi connectivity index (χ0) is 20.2. The molecule has 0 saturated heterocycles. The van der Waals surface area contributed by atoms with E-state index in [1.165, 1.54) is 40.5 Å². The Morgan fingerprint density at radius 2 is 1.83 bits per heavy atom. The van der Waals surface area contributed by atoms with Gasteiger partial charge in [-0.05, 0) is 24.1 Å². The molecule has 0 fully saturated rings. The lowest BCUT2D eigenvalue weighted by molar-refractivity contribution is 0.102. The topological polar surface area (TPSA) is 67.8 Å². The fourth-order valence-electron chi connectivity index (χ4n) is 2.60. The van der Waals surface area contributed by atoms with E-state index in [-0.39, 0.29) is 11.7 Å². The highest BCUT2D eigenvalue weighted by atomic mass is 32.2. The summed E-state index contributed by atoms with van der Waals surface area (Å²) in [4.78, 5) is 18.0. The third-order valence-corrected chi connectivity index (χ3v) is 6.96. The van der Waals surface area contributed by atoms with Gasteiger partial charge in [-0.1, -0.05) is 71.6 Å². The molecule has 0 saturated carbocycles. The normalized spacial score (nSPS) is 10.8. The van der Waals surface area contributed by atoms with Gasteiger partial charge < -0.3 is 0 Å². The highest BCUT2D eigenvalue weighted by Gasteiger charge is 2.20. The fraction of sp³-hybridized carbons (Fsp3) is 0.100. The molecular weight excluding hydrogens is 427 g/mol. The van der Waals surface area contributed by atoms with E-state index in [1.807, 2.05) is 37.3 Å². The largest absolute Gasteiger partial charge is 0.295 e. The Hall–Kier alpha value is -2.62. The zero-order valence-corrected chi connectivity index (χ0v) is 17.7. The smallest absolute Gasteiger partial charge is 0.277 e. The predicted molar refractivity (Wildman–Crippen MR) is 116 cm³/mol. The number of benzene rings is 2. The fourth-order valence-corrected chi connectivity index (χ4v) is 5.25. The molecule has 1 amide bonds. The molecule has 2 aromatic heterocycles. The first-order valence-electron chi connectivity index (χ1n) is 8.64. The Morgan fingerprint density at radius 3 is 2.62 bits per heavy atom. The van der Waals surface area contributed by atoms with E-state index in [9.17, 15) is 9.18 Å². The number of nitrogens with one attached hydrogen (secondary N) is 1. The number of aryl methyl sites for hydroxylation is 1. The van der Waals surface area contributed by atoms with Gasteiger partial charge in [-0.15, -0.1) is 21.5 Å². The number of halogens is 1. The van der Waals surface area contributed by atoms with Gasteiger partial charge in [0.25, 0.3) is 5.91 Å². The molecule has 1 N–H and O–H groups in total. The summed E-state index contributed by atoms with van der Waals surface area (Å²) in [7, 11) is 0. The van der Waals surface area contributed by atoms with Crippen molar-refractivity contribution in [2.75, 3.05) is 5.32 Å². The van der Waals surface area contributed by atoms with Crippen LogP contribution in [-0.4, -0.2) is 21.1 Å². The van der Waals surface area contributed by atoms with Crippen molar-refractivity contribution in [3.63, 3.8) is 0 Å². The van der Waals surface area contributed by atoms with Gasteiger partial charge in [0.1, 0.15) is 11.5 Å². The second-order valence-corrected chi connectivity index (χ2v) is 9.39. The van der Waals surface area contributed by atoms with Crippen molar-refractivity contribution in [3.05, 3.63) is 76.7 Å². The van der Waals surface area contributed by atoms with E-state index >= 15 is 0 Å². The number of carbonyl (C=O) groups is 1. The highest BCUT2D eigenvalue weighted by molar-refractivity contribution is 8.00. The van der Waals surface area contributed by atoms with Crippen LogP contribution in [0.4, 0.5) is 9.52 Å². The first-order valence-corrected chi connectivity index (χ1v) is 11.3. The number of thiazole rings is 1. The second-order valence-electron chi connectivity index (χ2n) is 5.98. The quantitative estimate of drug-likeness (QED) is 0.309. The Balaban J connectivity index is 1.46. The van der Waals surface area contributed by atoms with Crippen molar-refractivity contribution < 1.29 is 9.18 Å². The number of thioether (sulfide) groups is 1. The van der Waals surface area contributed by atoms with Crippen molar-refractivity contribution in [1.82, 2.24) is 15.2 Å². The van der Waals surface area contributed by atoms with Gasteiger partial charge in [-0.2, -0.15) is 0 Å². The van der Waals surface area contributed by atoms with Crippen LogP contribution in [0.5, 0.6) is 0 Å². The molecule has 0 aliphatic carbocycles. The number of anilines is 1. The summed E-state index contributed by atoms with van der Waals surface area (Å²) in [5.41, 5.74) is 1.92. The number of aromatic nitrogens is 3. The summed E-state index contributed by atoms with van der Waals surface area (Å²) in [5, 5.41) is 12.1. The zero-order valence-electron chi connectivity index (χ0n) is 15.3. The molecule has 4 aromatic rings. The Labute approximate surface area is 179 Å². The van der Waals surface area contributed by atoms with Gasteiger partial charge in [0, 0.05) is 5.75 Å². The Morgan fingerprint density at radius 1 is 1.07 bits per heavy atom. The standard InChI is InChI=1S/C20H15FN4OS3/c1-12-22-16(17(28-12)13-7-3-2-4-8-13)18(26)23-19-24-25-20(29-19)27-11-14-9-5-6-10-15(14)21/h2-10H,11H2,1H3,(H,23,24,26). The van der Waals surface area contributed by atoms with Crippen LogP contribution in [0.25, 0.3) is 10.4 Å². The third kappa shape index (κ3) is 4.69. The molecule has 0 atom stereocenters. The average molecular weight is 443 g/mol. The summed E-state index contributed by atoms with van der Waals surface area (Å²) >= 11 is 4.10. The maximum absolute atomic E-state index is 13.7. The minimum atomic E-state index is -0.324. The van der Waals surface area contributed by atoms with Gasteiger partial charge in [0.05, 0.1) is 9.88 Å². The lowest BCUT2D eigenvalue weighted by atomic mass is 10.1. The molecule has 0 radical (unpaired) electrons. The van der Waals surface area contributed by atoms with Crippen molar-refractivity contribution in [3.8, 4) is 10.4 Å². The van der Waals surface area contributed by atoms with E-state index in [0.717, 1.165) is 15.4 Å². The number of nitrogens with zero attached hydrogens (tertiary/aromatic N) is 3. The van der Waals surface area contributed by atoms with Crippen LogP contribution < -0.4 is 5.32 Å². The summed E-state index contributed by atoms with van der Waals surface area (Å²) in [5.74, 6) is -0.126. The minimum absolute atomic E-state index is 0.245. The first kappa shape index (κ1) is 19.7. The van der Waals surface area contributed by atoms with Crippen LogP contribution in [0.1, 0.15) is 21.1 Å². The predicted octanol–water partition coefficient (Wildman–Crippen LogP) is 5.65. The average Bonchev–Trinajstić information content (AvgIpc) is 3.34. The summed E-state index contributed by atoms with van der Waals surface area (Å²) in [6, 6.07) is 16.3. The molecule has 0 unspecified atom stereocenters. The highest BCUT2D eigenvalue weighted by Crippen LogP contribution is 2.32. The maximum Gasteiger partial charge on any atom is 0.277 e. The summed E-state index contributed by atoms with van der Waals surface area (Å²) in [6.07, 6.45) is 0. The van der Waals surface area contributed by atoms with E-state index in [4.69, 9.17) is 0 Å². The van der Waals surface area contributed by atoms with E-state index in [1.54, 1.807) is 18.2 Å². The number of rotatable bonds is 6. The van der Waals surface area contributed by atoms with E-state index in [0.29, 0.717) is 26.5 Å². The number of hydrogen-bond donors (Lipinski definition) is 1. The Kier molecular flexibility index (Phi) is 5.98. The second kappa shape index (κ2) is 8.81. The number of carbonyl (C=O) groups excluding carboxylic acids is 1. The summed E-state index contributed by atoms with van der Waals surface area (Å²) in [6.45, 7) is 1.87. The Bertz CT molecular complexity index is 1140. The molecular formula is C20H15FN4OS3. The van der Waals surface area contributed by atoms with Crippen LogP contribution in [0.3, 0.4) is 0 Å². The number of hydrogen-bond acceptors (Lipinski definition) is 7. The molecule has 29 heavy (non-hydrogen) atoms. The van der Waals surface area contributed by atoms with E-state index in [2.05, 4.69) is 20.5 Å². The lowest BCUT2D eigenvalue weighted by Crippen LogP contribution is -2.13. The molecule has 9 heteroatoms. The molecule has 146 valence electrons. The van der Waals surface area contributed by atoms with Crippen molar-refractivity contribution in [2.24, 2.45) is 0 Å². The molecule has 5 nitrogen and oxygen atoms in total. The van der Waals surface area contributed by atoms with Gasteiger partial charge in [0.15, 0.2) is 4.34 Å². The van der Waals surface area contributed by atoms with Crippen LogP contribution >= 0.6 is 34.4 Å². The van der Waals surface area contributed by atoms with Crippen LogP contribution in [0, 0.1) is 12.7 Å². The van der Waals surface area contributed by atoms with Crippen LogP contribution in [0.15, 0.2) is 58.9 Å². The van der Waals surface area contributed by atoms with E-state index < -0.39 is 0 Å². The molecule has 0 bridgehead atoms. The van der Waals surface area contributed by atoms with Gasteiger partial charge in [-0.3, -0.25) is 10.1 Å². The number of amides is 1. The summed E-state index contributed by atoms with van der Waals surface area (Å²) < 4.78 is 14.4. The first-order chi connectivity index (χ1) is 14.1. The van der Waals surface area contributed by atoms with Crippen molar-refractivity contribution in [1.29, 1.82) is 0 Å². The van der Waals surface area contributed by atoms with Crippen molar-refractivity contribution >= 4 is 45.5 Å². The molecule has 2 aromatic carbocycles. The monoisotopic (exact) mass is 442 g/mol. The molecule has 4 rings (SSSR count). The SMILES string of the molecule is Cc1nc(C(=O)Nc2nnc(SCc3ccccc3F)s2)c(-c2ccccc2)s1. The van der Waals surface area contributed by atoms with Gasteiger partial charge >= 0.3 is 0 Å².